The molecule has 1 rings (SSSR count). The SMILES string of the molecule is CCCC(C)NC(=O)CNc1ccccc1COC. The Bertz CT molecular complexity index is 393. The van der Waals surface area contributed by atoms with Crippen molar-refractivity contribution in [3.05, 3.63) is 29.8 Å². The standard InChI is InChI=1S/C15H24N2O2/c1-4-7-12(2)17-15(18)10-16-14-9-6-5-8-13(14)11-19-3/h5-6,8-9,12,16H,4,7,10-11H2,1-3H3,(H,17,18). The Morgan fingerprint density at radius 2 is 2.11 bits per heavy atom. The van der Waals surface area contributed by atoms with Crippen LogP contribution in [-0.4, -0.2) is 25.6 Å². The van der Waals surface area contributed by atoms with Gasteiger partial charge in [0.2, 0.25) is 5.91 Å². The first-order valence-corrected chi connectivity index (χ1v) is 6.77. The summed E-state index contributed by atoms with van der Waals surface area (Å²) < 4.78 is 5.13. The zero-order chi connectivity index (χ0) is 14.1. The van der Waals surface area contributed by atoms with Crippen LogP contribution < -0.4 is 10.6 Å². The third-order valence-corrected chi connectivity index (χ3v) is 2.89. The van der Waals surface area contributed by atoms with Gasteiger partial charge in [-0.15, -0.1) is 0 Å². The van der Waals surface area contributed by atoms with E-state index in [9.17, 15) is 4.79 Å². The summed E-state index contributed by atoms with van der Waals surface area (Å²) in [4.78, 5) is 11.8. The van der Waals surface area contributed by atoms with Crippen molar-refractivity contribution in [2.45, 2.75) is 39.3 Å². The molecule has 0 aromatic heterocycles. The van der Waals surface area contributed by atoms with E-state index in [2.05, 4.69) is 17.6 Å². The van der Waals surface area contributed by atoms with Gasteiger partial charge in [-0.25, -0.2) is 0 Å². The highest BCUT2D eigenvalue weighted by Crippen LogP contribution is 2.15. The van der Waals surface area contributed by atoms with Crippen molar-refractivity contribution >= 4 is 11.6 Å². The number of ether oxygens (including phenoxy) is 1. The summed E-state index contributed by atoms with van der Waals surface area (Å²) >= 11 is 0. The first-order chi connectivity index (χ1) is 9.17. The molecule has 0 aliphatic heterocycles. The van der Waals surface area contributed by atoms with E-state index in [-0.39, 0.29) is 18.5 Å². The Morgan fingerprint density at radius 1 is 1.37 bits per heavy atom. The highest BCUT2D eigenvalue weighted by molar-refractivity contribution is 5.81. The van der Waals surface area contributed by atoms with E-state index in [4.69, 9.17) is 4.74 Å². The van der Waals surface area contributed by atoms with Gasteiger partial charge in [0.25, 0.3) is 0 Å². The molecule has 4 heteroatoms. The molecule has 106 valence electrons. The molecule has 2 N–H and O–H groups in total. The number of nitrogens with one attached hydrogen (secondary N) is 2. The second-order valence-electron chi connectivity index (χ2n) is 4.70. The average molecular weight is 264 g/mol. The number of hydrogen-bond donors (Lipinski definition) is 2. The predicted molar refractivity (Wildman–Crippen MR) is 78.2 cm³/mol. The number of carbonyl (C=O) groups is 1. The van der Waals surface area contributed by atoms with Crippen LogP contribution in [0, 0.1) is 0 Å². The summed E-state index contributed by atoms with van der Waals surface area (Å²) in [5.74, 6) is 0.0215. The highest BCUT2D eigenvalue weighted by atomic mass is 16.5. The number of amides is 1. The maximum Gasteiger partial charge on any atom is 0.239 e. The summed E-state index contributed by atoms with van der Waals surface area (Å²) in [5.41, 5.74) is 2.00. The van der Waals surface area contributed by atoms with E-state index >= 15 is 0 Å². The molecule has 0 saturated heterocycles. The number of anilines is 1. The van der Waals surface area contributed by atoms with E-state index in [0.717, 1.165) is 24.1 Å². The smallest absolute Gasteiger partial charge is 0.239 e. The van der Waals surface area contributed by atoms with Crippen LogP contribution >= 0.6 is 0 Å². The maximum absolute atomic E-state index is 11.8. The van der Waals surface area contributed by atoms with Gasteiger partial charge in [0.1, 0.15) is 0 Å². The Labute approximate surface area is 115 Å². The van der Waals surface area contributed by atoms with Crippen molar-refractivity contribution in [3.63, 3.8) is 0 Å². The van der Waals surface area contributed by atoms with Crippen molar-refractivity contribution in [2.75, 3.05) is 19.0 Å². The van der Waals surface area contributed by atoms with Gasteiger partial charge in [0.05, 0.1) is 13.2 Å². The summed E-state index contributed by atoms with van der Waals surface area (Å²) in [6.07, 6.45) is 2.08. The minimum atomic E-state index is 0.0215. The van der Waals surface area contributed by atoms with E-state index in [1.165, 1.54) is 0 Å². The first kappa shape index (κ1) is 15.5. The lowest BCUT2D eigenvalue weighted by Crippen LogP contribution is -2.36. The van der Waals surface area contributed by atoms with Gasteiger partial charge in [-0.2, -0.15) is 0 Å². The molecule has 0 radical (unpaired) electrons. The molecule has 0 spiro atoms. The van der Waals surface area contributed by atoms with Crippen LogP contribution in [0.25, 0.3) is 0 Å². The number of carbonyl (C=O) groups excluding carboxylic acids is 1. The number of benzene rings is 1. The van der Waals surface area contributed by atoms with Crippen LogP contribution in [0.3, 0.4) is 0 Å². The van der Waals surface area contributed by atoms with Gasteiger partial charge < -0.3 is 15.4 Å². The van der Waals surface area contributed by atoms with Crippen LogP contribution in [0.1, 0.15) is 32.3 Å². The number of para-hydroxylation sites is 1. The highest BCUT2D eigenvalue weighted by Gasteiger charge is 2.07. The lowest BCUT2D eigenvalue weighted by atomic mass is 10.2. The number of methoxy groups -OCH3 is 1. The fourth-order valence-corrected chi connectivity index (χ4v) is 1.98. The summed E-state index contributed by atoms with van der Waals surface area (Å²) in [7, 11) is 1.66. The zero-order valence-electron chi connectivity index (χ0n) is 12.0. The molecule has 0 heterocycles. The van der Waals surface area contributed by atoms with Crippen molar-refractivity contribution in [2.24, 2.45) is 0 Å². The molecule has 0 aliphatic carbocycles. The van der Waals surface area contributed by atoms with Crippen LogP contribution in [0.2, 0.25) is 0 Å². The van der Waals surface area contributed by atoms with Crippen molar-refractivity contribution in [1.82, 2.24) is 5.32 Å². The minimum absolute atomic E-state index is 0.0215. The lowest BCUT2D eigenvalue weighted by molar-refractivity contribution is -0.120. The van der Waals surface area contributed by atoms with Crippen LogP contribution in [0.4, 0.5) is 5.69 Å². The van der Waals surface area contributed by atoms with Gasteiger partial charge in [-0.3, -0.25) is 4.79 Å². The summed E-state index contributed by atoms with van der Waals surface area (Å²) in [5, 5.41) is 6.12. The lowest BCUT2D eigenvalue weighted by Gasteiger charge is -2.15. The fraction of sp³-hybridized carbons (Fsp3) is 0.533. The largest absolute Gasteiger partial charge is 0.380 e. The Morgan fingerprint density at radius 3 is 2.79 bits per heavy atom. The Balaban J connectivity index is 2.45. The molecular formula is C15H24N2O2. The maximum atomic E-state index is 11.8. The number of rotatable bonds is 8. The molecule has 1 unspecified atom stereocenters. The van der Waals surface area contributed by atoms with Crippen molar-refractivity contribution in [3.8, 4) is 0 Å². The molecule has 0 saturated carbocycles. The second-order valence-corrected chi connectivity index (χ2v) is 4.70. The van der Waals surface area contributed by atoms with Gasteiger partial charge in [-0.05, 0) is 19.4 Å². The minimum Gasteiger partial charge on any atom is -0.380 e. The molecule has 1 atom stereocenters. The molecular weight excluding hydrogens is 240 g/mol. The number of hydrogen-bond acceptors (Lipinski definition) is 3. The third kappa shape index (κ3) is 5.75. The molecule has 1 aromatic carbocycles. The predicted octanol–water partition coefficient (Wildman–Crippen LogP) is 2.55. The third-order valence-electron chi connectivity index (χ3n) is 2.89. The van der Waals surface area contributed by atoms with Crippen LogP contribution in [0.5, 0.6) is 0 Å². The van der Waals surface area contributed by atoms with Crippen LogP contribution in [-0.2, 0) is 16.1 Å². The molecule has 19 heavy (non-hydrogen) atoms. The van der Waals surface area contributed by atoms with Gasteiger partial charge in [-0.1, -0.05) is 31.5 Å². The molecule has 1 amide bonds. The topological polar surface area (TPSA) is 50.4 Å². The van der Waals surface area contributed by atoms with E-state index in [0.29, 0.717) is 6.61 Å². The monoisotopic (exact) mass is 264 g/mol. The van der Waals surface area contributed by atoms with Crippen molar-refractivity contribution < 1.29 is 9.53 Å². The molecule has 4 nitrogen and oxygen atoms in total. The van der Waals surface area contributed by atoms with Crippen molar-refractivity contribution in [1.29, 1.82) is 0 Å². The van der Waals surface area contributed by atoms with Gasteiger partial charge >= 0.3 is 0 Å². The normalized spacial score (nSPS) is 11.9. The van der Waals surface area contributed by atoms with E-state index in [1.807, 2.05) is 31.2 Å². The summed E-state index contributed by atoms with van der Waals surface area (Å²) in [6, 6.07) is 8.08. The fourth-order valence-electron chi connectivity index (χ4n) is 1.98. The Hall–Kier alpha value is -1.55. The molecule has 1 aromatic rings. The van der Waals surface area contributed by atoms with Gasteiger partial charge in [0.15, 0.2) is 0 Å². The van der Waals surface area contributed by atoms with E-state index < -0.39 is 0 Å². The van der Waals surface area contributed by atoms with E-state index in [1.54, 1.807) is 7.11 Å². The molecule has 0 bridgehead atoms. The molecule has 0 aliphatic rings. The Kier molecular flexibility index (Phi) is 6.97. The second kappa shape index (κ2) is 8.53. The summed E-state index contributed by atoms with van der Waals surface area (Å²) in [6.45, 7) is 4.97. The molecule has 0 fully saturated rings. The zero-order valence-corrected chi connectivity index (χ0v) is 12.0. The van der Waals surface area contributed by atoms with Crippen LogP contribution in [0.15, 0.2) is 24.3 Å². The van der Waals surface area contributed by atoms with Gasteiger partial charge in [0, 0.05) is 24.4 Å². The first-order valence-electron chi connectivity index (χ1n) is 6.77. The average Bonchev–Trinajstić information content (AvgIpc) is 2.38. The quantitative estimate of drug-likeness (QED) is 0.758.